The van der Waals surface area contributed by atoms with Gasteiger partial charge in [0.15, 0.2) is 0 Å². The van der Waals surface area contributed by atoms with Gasteiger partial charge in [0.2, 0.25) is 0 Å². The number of halogens is 4. The fraction of sp³-hybridized carbons (Fsp3) is 0.154. The third kappa shape index (κ3) is 2.51. The summed E-state index contributed by atoms with van der Waals surface area (Å²) in [7, 11) is 0. The molecule has 0 aliphatic heterocycles. The lowest BCUT2D eigenvalue weighted by Crippen LogP contribution is -2.06. The Labute approximate surface area is 116 Å². The van der Waals surface area contributed by atoms with Crippen LogP contribution in [0.2, 0.25) is 0 Å². The van der Waals surface area contributed by atoms with Gasteiger partial charge >= 0.3 is 6.18 Å². The van der Waals surface area contributed by atoms with E-state index < -0.39 is 11.9 Å². The molecule has 0 spiro atoms. The first-order valence-corrected chi connectivity index (χ1v) is 6.09. The van der Waals surface area contributed by atoms with Gasteiger partial charge in [-0.2, -0.15) is 18.4 Å². The van der Waals surface area contributed by atoms with E-state index in [1.54, 1.807) is 30.3 Å². The molecule has 0 aliphatic carbocycles. The van der Waals surface area contributed by atoms with Crippen molar-refractivity contribution in [1.29, 1.82) is 5.26 Å². The van der Waals surface area contributed by atoms with Crippen LogP contribution in [0.4, 0.5) is 13.2 Å². The second-order valence-corrected chi connectivity index (χ2v) is 4.83. The predicted molar refractivity (Wildman–Crippen MR) is 68.4 cm³/mol. The average molecular weight is 329 g/mol. The lowest BCUT2D eigenvalue weighted by atomic mass is 10.1. The minimum Gasteiger partial charge on any atom is -0.349 e. The summed E-state index contributed by atoms with van der Waals surface area (Å²) in [5.74, 6) is 0. The molecule has 0 unspecified atom stereocenters. The second-order valence-electron chi connectivity index (χ2n) is 4.04. The van der Waals surface area contributed by atoms with Crippen molar-refractivity contribution in [2.24, 2.45) is 0 Å². The highest BCUT2D eigenvalue weighted by atomic mass is 79.9. The topological polar surface area (TPSA) is 39.6 Å². The van der Waals surface area contributed by atoms with E-state index in [2.05, 4.69) is 20.9 Å². The molecule has 0 saturated heterocycles. The summed E-state index contributed by atoms with van der Waals surface area (Å²) >= 11 is 2.84. The van der Waals surface area contributed by atoms with Crippen LogP contribution in [-0.2, 0) is 6.18 Å². The van der Waals surface area contributed by atoms with Gasteiger partial charge in [-0.25, -0.2) is 0 Å². The normalized spacial score (nSPS) is 11.4. The number of H-pyrrole nitrogens is 1. The van der Waals surface area contributed by atoms with Crippen molar-refractivity contribution < 1.29 is 13.2 Å². The molecule has 1 heterocycles. The molecule has 0 fully saturated rings. The van der Waals surface area contributed by atoms with Crippen LogP contribution in [0.15, 0.2) is 28.7 Å². The van der Waals surface area contributed by atoms with Gasteiger partial charge in [0.1, 0.15) is 11.8 Å². The lowest BCUT2D eigenvalue weighted by Gasteiger charge is -2.03. The quantitative estimate of drug-likeness (QED) is 0.813. The third-order valence-electron chi connectivity index (χ3n) is 2.67. The number of nitrogens with zero attached hydrogens (tertiary/aromatic N) is 1. The highest BCUT2D eigenvalue weighted by Gasteiger charge is 2.37. The number of benzene rings is 1. The van der Waals surface area contributed by atoms with Crippen LogP contribution in [0.3, 0.4) is 0 Å². The predicted octanol–water partition coefficient (Wildman–Crippen LogP) is 4.64. The van der Waals surface area contributed by atoms with Crippen molar-refractivity contribution in [3.8, 4) is 17.3 Å². The molecule has 98 valence electrons. The summed E-state index contributed by atoms with van der Waals surface area (Å²) < 4.78 is 38.1. The molecule has 0 radical (unpaired) electrons. The molecule has 19 heavy (non-hydrogen) atoms. The smallest absolute Gasteiger partial charge is 0.349 e. The van der Waals surface area contributed by atoms with E-state index in [1.807, 2.05) is 6.92 Å². The number of nitriles is 1. The van der Waals surface area contributed by atoms with Gasteiger partial charge in [-0.1, -0.05) is 29.8 Å². The number of aryl methyl sites for hydroxylation is 1. The average Bonchev–Trinajstić information content (AvgIpc) is 2.67. The molecule has 2 aromatic rings. The van der Waals surface area contributed by atoms with Crippen molar-refractivity contribution >= 4 is 15.9 Å². The van der Waals surface area contributed by atoms with E-state index in [-0.39, 0.29) is 15.7 Å². The molecule has 1 aromatic carbocycles. The molecular weight excluding hydrogens is 321 g/mol. The Balaban J connectivity index is 2.65. The van der Waals surface area contributed by atoms with E-state index in [0.717, 1.165) is 5.56 Å². The van der Waals surface area contributed by atoms with Crippen LogP contribution >= 0.6 is 15.9 Å². The molecule has 1 aromatic heterocycles. The van der Waals surface area contributed by atoms with Crippen molar-refractivity contribution in [3.63, 3.8) is 0 Å². The molecule has 0 aliphatic rings. The zero-order valence-electron chi connectivity index (χ0n) is 9.77. The van der Waals surface area contributed by atoms with E-state index in [0.29, 0.717) is 5.56 Å². The second kappa shape index (κ2) is 4.74. The van der Waals surface area contributed by atoms with E-state index >= 15 is 0 Å². The van der Waals surface area contributed by atoms with Crippen LogP contribution in [0.1, 0.15) is 16.8 Å². The number of hydrogen-bond acceptors (Lipinski definition) is 1. The number of aromatic amines is 1. The number of alkyl halides is 3. The highest BCUT2D eigenvalue weighted by Crippen LogP contribution is 2.40. The fourth-order valence-corrected chi connectivity index (χ4v) is 2.32. The summed E-state index contributed by atoms with van der Waals surface area (Å²) in [6.45, 7) is 1.88. The van der Waals surface area contributed by atoms with Gasteiger partial charge in [0.05, 0.1) is 15.7 Å². The summed E-state index contributed by atoms with van der Waals surface area (Å²) in [6.07, 6.45) is -4.53. The van der Waals surface area contributed by atoms with Crippen molar-refractivity contribution in [3.05, 3.63) is 45.6 Å². The van der Waals surface area contributed by atoms with Gasteiger partial charge in [-0.05, 0) is 28.4 Å². The SMILES string of the molecule is Cc1ccc(-c2[nH]c(C(F)(F)F)c(Br)c2C#N)cc1. The van der Waals surface area contributed by atoms with Crippen LogP contribution in [-0.4, -0.2) is 4.98 Å². The summed E-state index contributed by atoms with van der Waals surface area (Å²) in [4.78, 5) is 2.28. The largest absolute Gasteiger partial charge is 0.432 e. The Bertz CT molecular complexity index is 648. The Morgan fingerprint density at radius 1 is 1.21 bits per heavy atom. The maximum Gasteiger partial charge on any atom is 0.432 e. The molecule has 0 saturated carbocycles. The molecular formula is C13H8BrF3N2. The molecule has 0 amide bonds. The number of rotatable bonds is 1. The summed E-state index contributed by atoms with van der Waals surface area (Å²) in [6, 6.07) is 8.69. The van der Waals surface area contributed by atoms with E-state index in [9.17, 15) is 13.2 Å². The molecule has 2 rings (SSSR count). The zero-order chi connectivity index (χ0) is 14.2. The van der Waals surface area contributed by atoms with Gasteiger partial charge < -0.3 is 4.98 Å². The first-order chi connectivity index (χ1) is 8.84. The molecule has 6 heteroatoms. The third-order valence-corrected chi connectivity index (χ3v) is 3.47. The first-order valence-electron chi connectivity index (χ1n) is 5.30. The van der Waals surface area contributed by atoms with Crippen molar-refractivity contribution in [2.75, 3.05) is 0 Å². The van der Waals surface area contributed by atoms with Crippen molar-refractivity contribution in [2.45, 2.75) is 13.1 Å². The van der Waals surface area contributed by atoms with Gasteiger partial charge in [0, 0.05) is 0 Å². The molecule has 1 N–H and O–H groups in total. The van der Waals surface area contributed by atoms with Gasteiger partial charge in [-0.15, -0.1) is 0 Å². The van der Waals surface area contributed by atoms with E-state index in [1.165, 1.54) is 0 Å². The molecule has 0 atom stereocenters. The maximum atomic E-state index is 12.8. The van der Waals surface area contributed by atoms with Crippen LogP contribution in [0.5, 0.6) is 0 Å². The minimum atomic E-state index is -4.53. The van der Waals surface area contributed by atoms with Gasteiger partial charge in [0.25, 0.3) is 0 Å². The maximum absolute atomic E-state index is 12.8. The Morgan fingerprint density at radius 3 is 2.26 bits per heavy atom. The summed E-state index contributed by atoms with van der Waals surface area (Å²) in [5, 5.41) is 9.03. The summed E-state index contributed by atoms with van der Waals surface area (Å²) in [5.41, 5.74) is 0.708. The van der Waals surface area contributed by atoms with Crippen LogP contribution in [0.25, 0.3) is 11.3 Å². The van der Waals surface area contributed by atoms with E-state index in [4.69, 9.17) is 5.26 Å². The van der Waals surface area contributed by atoms with Crippen LogP contribution < -0.4 is 0 Å². The van der Waals surface area contributed by atoms with Gasteiger partial charge in [-0.3, -0.25) is 0 Å². The molecule has 2 nitrogen and oxygen atoms in total. The zero-order valence-corrected chi connectivity index (χ0v) is 11.4. The Kier molecular flexibility index (Phi) is 3.42. The van der Waals surface area contributed by atoms with Crippen LogP contribution in [0, 0.1) is 18.3 Å². The molecule has 0 bridgehead atoms. The van der Waals surface area contributed by atoms with Crippen molar-refractivity contribution in [1.82, 2.24) is 4.98 Å². The Hall–Kier alpha value is -1.74. The number of nitrogens with one attached hydrogen (secondary N) is 1. The monoisotopic (exact) mass is 328 g/mol. The Morgan fingerprint density at radius 2 is 1.79 bits per heavy atom. The number of hydrogen-bond donors (Lipinski definition) is 1. The number of aromatic nitrogens is 1. The highest BCUT2D eigenvalue weighted by molar-refractivity contribution is 9.10. The fourth-order valence-electron chi connectivity index (χ4n) is 1.71. The lowest BCUT2D eigenvalue weighted by molar-refractivity contribution is -0.141. The standard InChI is InChI=1S/C13H8BrF3N2/c1-7-2-4-8(5-3-7)11-9(6-18)10(14)12(19-11)13(15,16)17/h2-5,19H,1H3. The first kappa shape index (κ1) is 13.7. The minimum absolute atomic E-state index is 0.0452.